The Morgan fingerprint density at radius 2 is 1.96 bits per heavy atom. The van der Waals surface area contributed by atoms with Crippen LogP contribution in [-0.4, -0.2) is 32.9 Å². The number of aryl methyl sites for hydroxylation is 1. The van der Waals surface area contributed by atoms with Gasteiger partial charge in [-0.25, -0.2) is 4.79 Å². The van der Waals surface area contributed by atoms with E-state index in [4.69, 9.17) is 9.84 Å². The van der Waals surface area contributed by atoms with Gasteiger partial charge >= 0.3 is 5.97 Å². The van der Waals surface area contributed by atoms with Crippen LogP contribution in [0.5, 0.6) is 5.75 Å². The number of carbonyl (C=O) groups is 1. The highest BCUT2D eigenvalue weighted by Crippen LogP contribution is 2.17. The highest BCUT2D eigenvalue weighted by molar-refractivity contribution is 5.87. The number of hydrogen-bond donors (Lipinski definition) is 2. The molecule has 2 aromatic heterocycles. The lowest BCUT2D eigenvalue weighted by atomic mass is 10.1. The minimum atomic E-state index is -0.907. The number of hydrogen-bond acceptors (Lipinski definition) is 4. The maximum Gasteiger partial charge on any atom is 0.335 e. The largest absolute Gasteiger partial charge is 0.492 e. The van der Waals surface area contributed by atoms with E-state index in [0.717, 1.165) is 35.5 Å². The molecular weight excluding hydrogens is 306 g/mol. The van der Waals surface area contributed by atoms with Crippen molar-refractivity contribution in [3.63, 3.8) is 0 Å². The Bertz CT molecular complexity index is 781. The topological polar surface area (TPSA) is 88.1 Å². The summed E-state index contributed by atoms with van der Waals surface area (Å²) in [6, 6.07) is 12.5. The number of benzene rings is 1. The van der Waals surface area contributed by atoms with Crippen LogP contribution in [-0.2, 0) is 6.42 Å². The lowest BCUT2D eigenvalue weighted by molar-refractivity contribution is 0.0697. The minimum Gasteiger partial charge on any atom is -0.492 e. The second-order valence-corrected chi connectivity index (χ2v) is 5.30. The maximum atomic E-state index is 10.8. The van der Waals surface area contributed by atoms with Crippen molar-refractivity contribution in [3.05, 3.63) is 66.0 Å². The number of ether oxygens (including phenoxy) is 1. The molecule has 24 heavy (non-hydrogen) atoms. The van der Waals surface area contributed by atoms with Crippen LogP contribution in [0.3, 0.4) is 0 Å². The predicted molar refractivity (Wildman–Crippen MR) is 89.0 cm³/mol. The van der Waals surface area contributed by atoms with E-state index in [9.17, 15) is 4.79 Å². The van der Waals surface area contributed by atoms with E-state index in [1.807, 2.05) is 30.3 Å². The SMILES string of the molecule is O=C(O)c1ccc(CCCOc2ccc(-c3ccn[nH]3)nc2)cc1. The third kappa shape index (κ3) is 3.98. The Hall–Kier alpha value is -3.15. The number of pyridine rings is 1. The molecule has 122 valence electrons. The molecule has 0 spiro atoms. The Morgan fingerprint density at radius 1 is 1.12 bits per heavy atom. The van der Waals surface area contributed by atoms with Gasteiger partial charge in [-0.3, -0.25) is 10.1 Å². The molecule has 0 saturated heterocycles. The average molecular weight is 323 g/mol. The highest BCUT2D eigenvalue weighted by atomic mass is 16.5. The Morgan fingerprint density at radius 3 is 2.58 bits per heavy atom. The second kappa shape index (κ2) is 7.41. The van der Waals surface area contributed by atoms with Gasteiger partial charge < -0.3 is 9.84 Å². The van der Waals surface area contributed by atoms with Crippen LogP contribution in [0.2, 0.25) is 0 Å². The summed E-state index contributed by atoms with van der Waals surface area (Å²) >= 11 is 0. The van der Waals surface area contributed by atoms with E-state index >= 15 is 0 Å². The van der Waals surface area contributed by atoms with Crippen molar-refractivity contribution < 1.29 is 14.6 Å². The number of aromatic nitrogens is 3. The number of carboxylic acids is 1. The zero-order valence-corrected chi connectivity index (χ0v) is 13.0. The third-order valence-electron chi connectivity index (χ3n) is 3.59. The number of carboxylic acid groups (broad SMARTS) is 1. The summed E-state index contributed by atoms with van der Waals surface area (Å²) in [5.41, 5.74) is 3.08. The van der Waals surface area contributed by atoms with Crippen molar-refractivity contribution in [1.82, 2.24) is 15.2 Å². The number of rotatable bonds is 7. The van der Waals surface area contributed by atoms with Crippen LogP contribution < -0.4 is 4.74 Å². The maximum absolute atomic E-state index is 10.8. The van der Waals surface area contributed by atoms with Crippen LogP contribution in [0.25, 0.3) is 11.4 Å². The number of nitrogens with one attached hydrogen (secondary N) is 1. The van der Waals surface area contributed by atoms with Crippen molar-refractivity contribution >= 4 is 5.97 Å². The fourth-order valence-electron chi connectivity index (χ4n) is 2.30. The minimum absolute atomic E-state index is 0.304. The van der Waals surface area contributed by atoms with Crippen molar-refractivity contribution in [2.45, 2.75) is 12.8 Å². The standard InChI is InChI=1S/C18H17N3O3/c22-18(23)14-5-3-13(4-6-14)2-1-11-24-15-7-8-16(19-12-15)17-9-10-20-21-17/h3-10,12H,1-2,11H2,(H,20,21)(H,22,23). The summed E-state index contributed by atoms with van der Waals surface area (Å²) in [6.45, 7) is 0.575. The molecule has 3 rings (SSSR count). The molecule has 0 aliphatic rings. The number of aromatic amines is 1. The summed E-state index contributed by atoms with van der Waals surface area (Å²) in [4.78, 5) is 15.1. The Labute approximate surface area is 139 Å². The van der Waals surface area contributed by atoms with Gasteiger partial charge in [0.05, 0.1) is 29.8 Å². The van der Waals surface area contributed by atoms with E-state index < -0.39 is 5.97 Å². The fourth-order valence-corrected chi connectivity index (χ4v) is 2.30. The molecule has 0 aliphatic heterocycles. The van der Waals surface area contributed by atoms with Crippen molar-refractivity contribution in [3.8, 4) is 17.1 Å². The number of H-pyrrole nitrogens is 1. The molecule has 0 fully saturated rings. The third-order valence-corrected chi connectivity index (χ3v) is 3.59. The summed E-state index contributed by atoms with van der Waals surface area (Å²) in [5.74, 6) is -0.185. The molecule has 6 nitrogen and oxygen atoms in total. The van der Waals surface area contributed by atoms with Crippen LogP contribution in [0.15, 0.2) is 54.9 Å². The lowest BCUT2D eigenvalue weighted by Gasteiger charge is -2.07. The van der Waals surface area contributed by atoms with Crippen molar-refractivity contribution in [1.29, 1.82) is 0 Å². The average Bonchev–Trinajstić information content (AvgIpc) is 3.14. The molecule has 0 unspecified atom stereocenters. The van der Waals surface area contributed by atoms with E-state index in [-0.39, 0.29) is 0 Å². The molecule has 2 N–H and O–H groups in total. The van der Waals surface area contributed by atoms with Crippen molar-refractivity contribution in [2.24, 2.45) is 0 Å². The molecule has 0 bridgehead atoms. The van der Waals surface area contributed by atoms with Gasteiger partial charge in [0.25, 0.3) is 0 Å². The van der Waals surface area contributed by atoms with E-state index in [1.54, 1.807) is 24.5 Å². The van der Waals surface area contributed by atoms with Crippen LogP contribution in [0, 0.1) is 0 Å². The van der Waals surface area contributed by atoms with E-state index in [0.29, 0.717) is 12.2 Å². The summed E-state index contributed by atoms with van der Waals surface area (Å²) in [7, 11) is 0. The van der Waals surface area contributed by atoms with Gasteiger partial charge in [-0.05, 0) is 48.7 Å². The molecule has 6 heteroatoms. The monoisotopic (exact) mass is 323 g/mol. The molecule has 0 radical (unpaired) electrons. The van der Waals surface area contributed by atoms with E-state index in [1.165, 1.54) is 0 Å². The smallest absolute Gasteiger partial charge is 0.335 e. The number of nitrogens with zero attached hydrogens (tertiary/aromatic N) is 2. The summed E-state index contributed by atoms with van der Waals surface area (Å²) in [5, 5.41) is 15.6. The zero-order chi connectivity index (χ0) is 16.8. The Balaban J connectivity index is 1.45. The first kappa shape index (κ1) is 15.7. The first-order valence-electron chi connectivity index (χ1n) is 7.63. The normalized spacial score (nSPS) is 10.5. The van der Waals surface area contributed by atoms with E-state index in [2.05, 4.69) is 15.2 Å². The molecule has 0 amide bonds. The molecule has 1 aromatic carbocycles. The van der Waals surface area contributed by atoms with Crippen LogP contribution in [0.4, 0.5) is 0 Å². The first-order chi connectivity index (χ1) is 11.7. The van der Waals surface area contributed by atoms with Gasteiger partial charge in [-0.2, -0.15) is 5.10 Å². The van der Waals surface area contributed by atoms with Crippen LogP contribution in [0.1, 0.15) is 22.3 Å². The van der Waals surface area contributed by atoms with Crippen molar-refractivity contribution in [2.75, 3.05) is 6.61 Å². The molecular formula is C18H17N3O3. The molecule has 0 saturated carbocycles. The summed E-state index contributed by atoms with van der Waals surface area (Å²) in [6.07, 6.45) is 5.05. The van der Waals surface area contributed by atoms with Gasteiger partial charge in [-0.15, -0.1) is 0 Å². The van der Waals surface area contributed by atoms with Crippen LogP contribution >= 0.6 is 0 Å². The molecule has 2 heterocycles. The lowest BCUT2D eigenvalue weighted by Crippen LogP contribution is -2.01. The zero-order valence-electron chi connectivity index (χ0n) is 13.0. The predicted octanol–water partition coefficient (Wildman–Crippen LogP) is 3.18. The highest BCUT2D eigenvalue weighted by Gasteiger charge is 2.03. The van der Waals surface area contributed by atoms with Gasteiger partial charge in [0.15, 0.2) is 0 Å². The second-order valence-electron chi connectivity index (χ2n) is 5.30. The van der Waals surface area contributed by atoms with Gasteiger partial charge in [0, 0.05) is 6.20 Å². The molecule has 0 atom stereocenters. The van der Waals surface area contributed by atoms with Gasteiger partial charge in [0.1, 0.15) is 5.75 Å². The molecule has 0 aliphatic carbocycles. The first-order valence-corrected chi connectivity index (χ1v) is 7.63. The molecule has 3 aromatic rings. The fraction of sp³-hybridized carbons (Fsp3) is 0.167. The quantitative estimate of drug-likeness (QED) is 0.652. The van der Waals surface area contributed by atoms with Gasteiger partial charge in [-0.1, -0.05) is 12.1 Å². The van der Waals surface area contributed by atoms with Gasteiger partial charge in [0.2, 0.25) is 0 Å². The number of aromatic carboxylic acids is 1. The summed E-state index contributed by atoms with van der Waals surface area (Å²) < 4.78 is 5.68. The Kier molecular flexibility index (Phi) is 4.86.